The molecule has 0 bridgehead atoms. The molecule has 0 spiro atoms. The van der Waals surface area contributed by atoms with E-state index in [4.69, 9.17) is 16.6 Å². The highest BCUT2D eigenvalue weighted by atomic mass is 35.5. The molecule has 2 aliphatic rings. The van der Waals surface area contributed by atoms with Crippen LogP contribution >= 0.6 is 35.1 Å². The minimum Gasteiger partial charge on any atom is -0.384 e. The number of carbonyl (C=O) groups is 1. The topological polar surface area (TPSA) is 71.7 Å². The van der Waals surface area contributed by atoms with Gasteiger partial charge in [0.05, 0.1) is 39.2 Å². The van der Waals surface area contributed by atoms with Crippen LogP contribution in [-0.2, 0) is 11.3 Å². The minimum absolute atomic E-state index is 0.106. The van der Waals surface area contributed by atoms with E-state index in [9.17, 15) is 10.1 Å². The van der Waals surface area contributed by atoms with Gasteiger partial charge in [-0.05, 0) is 54.6 Å². The third-order valence-corrected chi connectivity index (χ3v) is 8.47. The fourth-order valence-electron chi connectivity index (χ4n) is 4.05. The number of thioether (sulfide) groups is 2. The first-order valence-electron chi connectivity index (χ1n) is 11.3. The van der Waals surface area contributed by atoms with E-state index in [1.165, 1.54) is 23.5 Å². The highest BCUT2D eigenvalue weighted by Gasteiger charge is 2.39. The Morgan fingerprint density at radius 1 is 1.08 bits per heavy atom. The number of aliphatic imine (C=N–C) groups is 1. The van der Waals surface area contributed by atoms with Crippen molar-refractivity contribution in [2.24, 2.45) is 4.99 Å². The predicted octanol–water partition coefficient (Wildman–Crippen LogP) is 6.82. The van der Waals surface area contributed by atoms with Crippen LogP contribution in [0.4, 0.5) is 17.1 Å². The van der Waals surface area contributed by atoms with Gasteiger partial charge in [-0.3, -0.25) is 9.69 Å². The molecule has 9 heteroatoms. The van der Waals surface area contributed by atoms with Crippen molar-refractivity contribution in [2.75, 3.05) is 23.8 Å². The second-order valence-corrected chi connectivity index (χ2v) is 10.5. The van der Waals surface area contributed by atoms with Crippen molar-refractivity contribution in [3.05, 3.63) is 92.8 Å². The molecule has 6 nitrogen and oxygen atoms in total. The van der Waals surface area contributed by atoms with Crippen molar-refractivity contribution < 1.29 is 4.79 Å². The number of rotatable bonds is 5. The number of benzene rings is 3. The number of nitriles is 1. The summed E-state index contributed by atoms with van der Waals surface area (Å²) in [5.74, 6) is -0.106. The smallest absolute Gasteiger partial charge is 0.269 e. The van der Waals surface area contributed by atoms with E-state index in [2.05, 4.69) is 11.4 Å². The monoisotopic (exact) mass is 531 g/mol. The quantitative estimate of drug-likeness (QED) is 0.364. The summed E-state index contributed by atoms with van der Waals surface area (Å²) in [6, 6.07) is 23.3. The molecule has 1 saturated heterocycles. The van der Waals surface area contributed by atoms with Gasteiger partial charge in [0.1, 0.15) is 11.0 Å². The zero-order chi connectivity index (χ0) is 25.2. The first-order valence-corrected chi connectivity index (χ1v) is 13.4. The van der Waals surface area contributed by atoms with Gasteiger partial charge in [0.25, 0.3) is 5.91 Å². The molecule has 3 aromatic rings. The molecule has 1 amide bonds. The van der Waals surface area contributed by atoms with E-state index in [0.717, 1.165) is 26.9 Å². The third kappa shape index (κ3) is 4.58. The van der Waals surface area contributed by atoms with Crippen LogP contribution in [0, 0.1) is 11.3 Å². The number of amides is 1. The molecule has 180 valence electrons. The number of fused-ring (bicyclic) bond motifs is 1. The molecule has 1 N–H and O–H groups in total. The van der Waals surface area contributed by atoms with Crippen LogP contribution in [0.2, 0.25) is 5.02 Å². The zero-order valence-corrected chi connectivity index (χ0v) is 22.0. The van der Waals surface area contributed by atoms with Crippen LogP contribution < -0.4 is 10.2 Å². The van der Waals surface area contributed by atoms with Gasteiger partial charge < -0.3 is 10.2 Å². The Hall–Kier alpha value is -3.38. The molecular weight excluding hydrogens is 510 g/mol. The standard InChI is InChI=1S/C27H22ClN5OS2/c1-3-30-21-13-12-19(14-18(21)15-29)31-27-33(16-17-8-5-4-6-9-17)25(34)24(36-27)26-32(2)23-20(28)10-7-11-22(23)35-26/h4-14,30H,3,16H2,1-2H3/b26-24+,31-27?. The van der Waals surface area contributed by atoms with Crippen molar-refractivity contribution in [3.63, 3.8) is 0 Å². The molecule has 0 atom stereocenters. The molecular formula is C27H22ClN5OS2. The number of nitrogens with one attached hydrogen (secondary N) is 1. The van der Waals surface area contributed by atoms with Gasteiger partial charge in [0.15, 0.2) is 5.17 Å². The van der Waals surface area contributed by atoms with Crippen LogP contribution in [-0.4, -0.2) is 29.6 Å². The summed E-state index contributed by atoms with van der Waals surface area (Å²) in [4.78, 5) is 23.9. The Morgan fingerprint density at radius 2 is 1.89 bits per heavy atom. The van der Waals surface area contributed by atoms with Crippen molar-refractivity contribution in [1.82, 2.24) is 4.90 Å². The number of anilines is 2. The largest absolute Gasteiger partial charge is 0.384 e. The highest BCUT2D eigenvalue weighted by Crippen LogP contribution is 2.52. The Balaban J connectivity index is 1.56. The fourth-order valence-corrected chi connectivity index (χ4v) is 6.78. The summed E-state index contributed by atoms with van der Waals surface area (Å²) < 4.78 is 0. The Kier molecular flexibility index (Phi) is 6.97. The predicted molar refractivity (Wildman–Crippen MR) is 150 cm³/mol. The van der Waals surface area contributed by atoms with Crippen molar-refractivity contribution in [1.29, 1.82) is 5.26 Å². The van der Waals surface area contributed by atoms with Gasteiger partial charge in [-0.2, -0.15) is 5.26 Å². The lowest BCUT2D eigenvalue weighted by molar-refractivity contribution is -0.122. The number of nitrogens with zero attached hydrogens (tertiary/aromatic N) is 4. The average Bonchev–Trinajstić information content (AvgIpc) is 3.38. The van der Waals surface area contributed by atoms with Crippen molar-refractivity contribution >= 4 is 63.3 Å². The highest BCUT2D eigenvalue weighted by molar-refractivity contribution is 8.19. The number of para-hydroxylation sites is 1. The fraction of sp³-hybridized carbons (Fsp3) is 0.148. The van der Waals surface area contributed by atoms with E-state index in [-0.39, 0.29) is 5.91 Å². The van der Waals surface area contributed by atoms with Crippen molar-refractivity contribution in [2.45, 2.75) is 18.4 Å². The van der Waals surface area contributed by atoms with E-state index in [1.807, 2.05) is 79.5 Å². The number of halogens is 1. The van der Waals surface area contributed by atoms with Crippen LogP contribution in [0.1, 0.15) is 18.1 Å². The number of amidine groups is 1. The van der Waals surface area contributed by atoms with Gasteiger partial charge in [0, 0.05) is 18.5 Å². The molecule has 3 aromatic carbocycles. The maximum absolute atomic E-state index is 13.8. The number of carbonyl (C=O) groups excluding carboxylic acids is 1. The van der Waals surface area contributed by atoms with Crippen LogP contribution in [0.15, 0.2) is 86.6 Å². The molecule has 0 unspecified atom stereocenters. The maximum Gasteiger partial charge on any atom is 0.269 e. The third-order valence-electron chi connectivity index (χ3n) is 5.75. The molecule has 0 radical (unpaired) electrons. The molecule has 2 aliphatic heterocycles. The van der Waals surface area contributed by atoms with Crippen LogP contribution in [0.25, 0.3) is 0 Å². The summed E-state index contributed by atoms with van der Waals surface area (Å²) in [6.07, 6.45) is 0. The van der Waals surface area contributed by atoms with Gasteiger partial charge in [-0.15, -0.1) is 0 Å². The SMILES string of the molecule is CCNc1ccc(N=C2S/C(=C3/Sc4cccc(Cl)c4N3C)C(=O)N2Cc2ccccc2)cc1C#N. The molecule has 0 aliphatic carbocycles. The Morgan fingerprint density at radius 3 is 2.61 bits per heavy atom. The summed E-state index contributed by atoms with van der Waals surface area (Å²) in [5, 5.41) is 14.8. The summed E-state index contributed by atoms with van der Waals surface area (Å²) in [6.45, 7) is 3.09. The van der Waals surface area contributed by atoms with E-state index < -0.39 is 0 Å². The van der Waals surface area contributed by atoms with Crippen molar-refractivity contribution in [3.8, 4) is 6.07 Å². The Bertz CT molecular complexity index is 1450. The van der Waals surface area contributed by atoms with Gasteiger partial charge in [-0.1, -0.05) is 59.8 Å². The molecule has 1 fully saturated rings. The zero-order valence-electron chi connectivity index (χ0n) is 19.7. The van der Waals surface area contributed by atoms with E-state index in [1.54, 1.807) is 11.0 Å². The Labute approximate surface area is 223 Å². The average molecular weight is 532 g/mol. The normalized spacial score (nSPS) is 18.1. The van der Waals surface area contributed by atoms with Gasteiger partial charge in [-0.25, -0.2) is 4.99 Å². The maximum atomic E-state index is 13.8. The minimum atomic E-state index is -0.106. The lowest BCUT2D eigenvalue weighted by atomic mass is 10.1. The number of hydrogen-bond acceptors (Lipinski definition) is 7. The van der Waals surface area contributed by atoms with E-state index >= 15 is 0 Å². The molecule has 0 aromatic heterocycles. The van der Waals surface area contributed by atoms with Gasteiger partial charge >= 0.3 is 0 Å². The molecule has 2 heterocycles. The second-order valence-electron chi connectivity index (χ2n) is 8.13. The summed E-state index contributed by atoms with van der Waals surface area (Å²) in [5.41, 5.74) is 3.80. The summed E-state index contributed by atoms with van der Waals surface area (Å²) in [7, 11) is 1.93. The van der Waals surface area contributed by atoms with Crippen LogP contribution in [0.5, 0.6) is 0 Å². The number of hydrogen-bond donors (Lipinski definition) is 1. The first-order chi connectivity index (χ1) is 17.5. The second kappa shape index (κ2) is 10.3. The first kappa shape index (κ1) is 24.3. The molecule has 5 rings (SSSR count). The van der Waals surface area contributed by atoms with E-state index in [0.29, 0.717) is 39.4 Å². The van der Waals surface area contributed by atoms with Crippen LogP contribution in [0.3, 0.4) is 0 Å². The molecule has 36 heavy (non-hydrogen) atoms. The molecule has 0 saturated carbocycles. The summed E-state index contributed by atoms with van der Waals surface area (Å²) >= 11 is 9.36. The lowest BCUT2D eigenvalue weighted by Crippen LogP contribution is -2.29. The van der Waals surface area contributed by atoms with Gasteiger partial charge in [0.2, 0.25) is 0 Å². The lowest BCUT2D eigenvalue weighted by Gasteiger charge is -2.17.